The first-order valence-electron chi connectivity index (χ1n) is 5.85. The Labute approximate surface area is 94.2 Å². The molecule has 0 unspecified atom stereocenters. The molecule has 0 aliphatic rings. The van der Waals surface area contributed by atoms with Gasteiger partial charge in [-0.25, -0.2) is 0 Å². The second-order valence-electron chi connectivity index (χ2n) is 4.12. The lowest BCUT2D eigenvalue weighted by Crippen LogP contribution is -1.97. The van der Waals surface area contributed by atoms with E-state index in [1.165, 1.54) is 11.1 Å². The molecule has 0 saturated carbocycles. The third-order valence-corrected chi connectivity index (χ3v) is 2.31. The molecule has 0 spiro atoms. The SMILES string of the molecule is CC.CC(C)c1ccc(O)cc1C(C)C. The molecule has 1 N–H and O–H groups in total. The molecule has 1 rings (SSSR count). The van der Waals surface area contributed by atoms with Crippen molar-refractivity contribution in [3.8, 4) is 5.75 Å². The highest BCUT2D eigenvalue weighted by Crippen LogP contribution is 2.28. The smallest absolute Gasteiger partial charge is 0.115 e. The zero-order chi connectivity index (χ0) is 12.0. The average molecular weight is 208 g/mol. The van der Waals surface area contributed by atoms with Gasteiger partial charge in [0.05, 0.1) is 0 Å². The van der Waals surface area contributed by atoms with Gasteiger partial charge in [-0.3, -0.25) is 0 Å². The summed E-state index contributed by atoms with van der Waals surface area (Å²) in [6.45, 7) is 12.7. The van der Waals surface area contributed by atoms with Crippen LogP contribution in [-0.2, 0) is 0 Å². The topological polar surface area (TPSA) is 20.2 Å². The zero-order valence-electron chi connectivity index (χ0n) is 10.8. The first-order chi connectivity index (χ1) is 7.02. The summed E-state index contributed by atoms with van der Waals surface area (Å²) in [5.41, 5.74) is 2.60. The van der Waals surface area contributed by atoms with E-state index < -0.39 is 0 Å². The van der Waals surface area contributed by atoms with E-state index in [-0.39, 0.29) is 0 Å². The average Bonchev–Trinajstić information content (AvgIpc) is 2.20. The minimum absolute atomic E-state index is 0.369. The predicted octanol–water partition coefficient (Wildman–Crippen LogP) is 4.67. The summed E-state index contributed by atoms with van der Waals surface area (Å²) in [7, 11) is 0. The van der Waals surface area contributed by atoms with Crippen molar-refractivity contribution < 1.29 is 5.11 Å². The fourth-order valence-corrected chi connectivity index (χ4v) is 1.59. The molecule has 0 heterocycles. The molecule has 1 heteroatoms. The molecule has 1 aromatic carbocycles. The molecule has 0 amide bonds. The van der Waals surface area contributed by atoms with Crippen LogP contribution >= 0.6 is 0 Å². The van der Waals surface area contributed by atoms with Gasteiger partial charge in [-0.2, -0.15) is 0 Å². The molecule has 0 radical (unpaired) electrons. The first-order valence-corrected chi connectivity index (χ1v) is 5.85. The van der Waals surface area contributed by atoms with E-state index in [0.717, 1.165) is 0 Å². The number of rotatable bonds is 2. The van der Waals surface area contributed by atoms with Crippen molar-refractivity contribution in [1.82, 2.24) is 0 Å². The van der Waals surface area contributed by atoms with Crippen LogP contribution in [0.2, 0.25) is 0 Å². The van der Waals surface area contributed by atoms with Gasteiger partial charge in [0.1, 0.15) is 5.75 Å². The Hall–Kier alpha value is -0.980. The fraction of sp³-hybridized carbons (Fsp3) is 0.571. The highest BCUT2D eigenvalue weighted by molar-refractivity contribution is 5.38. The molecule has 0 bridgehead atoms. The normalized spacial score (nSPS) is 10.1. The van der Waals surface area contributed by atoms with Gasteiger partial charge in [-0.15, -0.1) is 0 Å². The van der Waals surface area contributed by atoms with Crippen LogP contribution in [0.5, 0.6) is 5.75 Å². The van der Waals surface area contributed by atoms with Crippen molar-refractivity contribution >= 4 is 0 Å². The summed E-state index contributed by atoms with van der Waals surface area (Å²) in [5, 5.41) is 9.37. The summed E-state index contributed by atoms with van der Waals surface area (Å²) < 4.78 is 0. The van der Waals surface area contributed by atoms with Crippen molar-refractivity contribution in [2.75, 3.05) is 0 Å². The lowest BCUT2D eigenvalue weighted by atomic mass is 9.90. The van der Waals surface area contributed by atoms with Crippen molar-refractivity contribution in [2.24, 2.45) is 0 Å². The second kappa shape index (κ2) is 6.49. The zero-order valence-corrected chi connectivity index (χ0v) is 10.8. The van der Waals surface area contributed by atoms with E-state index in [4.69, 9.17) is 0 Å². The van der Waals surface area contributed by atoms with Gasteiger partial charge in [0.25, 0.3) is 0 Å². The number of aromatic hydroxyl groups is 1. The molecular formula is C14H24O. The number of hydrogen-bond acceptors (Lipinski definition) is 1. The Kier molecular flexibility index (Phi) is 6.07. The quantitative estimate of drug-likeness (QED) is 0.749. The maximum atomic E-state index is 9.37. The van der Waals surface area contributed by atoms with Crippen LogP contribution in [0.3, 0.4) is 0 Å². The lowest BCUT2D eigenvalue weighted by Gasteiger charge is -2.15. The van der Waals surface area contributed by atoms with Gasteiger partial charge in [0, 0.05) is 0 Å². The van der Waals surface area contributed by atoms with E-state index in [1.807, 2.05) is 26.0 Å². The Bertz CT molecular complexity index is 287. The highest BCUT2D eigenvalue weighted by atomic mass is 16.3. The number of benzene rings is 1. The van der Waals surface area contributed by atoms with Crippen molar-refractivity contribution in [3.05, 3.63) is 29.3 Å². The van der Waals surface area contributed by atoms with Gasteiger partial charge < -0.3 is 5.11 Å². The minimum atomic E-state index is 0.369. The Balaban J connectivity index is 0.000000921. The standard InChI is InChI=1S/C12H18O.C2H6/c1-8(2)11-6-5-10(13)7-12(11)9(3)4;1-2/h5-9,13H,1-4H3;1-2H3. The summed E-state index contributed by atoms with van der Waals surface area (Å²) in [4.78, 5) is 0. The molecule has 0 aromatic heterocycles. The van der Waals surface area contributed by atoms with Gasteiger partial charge in [-0.1, -0.05) is 47.6 Å². The molecule has 0 saturated heterocycles. The minimum Gasteiger partial charge on any atom is -0.508 e. The number of phenols is 1. The molecule has 0 aliphatic carbocycles. The second-order valence-corrected chi connectivity index (χ2v) is 4.12. The Morgan fingerprint density at radius 2 is 1.33 bits per heavy atom. The molecule has 0 atom stereocenters. The predicted molar refractivity (Wildman–Crippen MR) is 67.6 cm³/mol. The van der Waals surface area contributed by atoms with Crippen molar-refractivity contribution in [3.63, 3.8) is 0 Å². The van der Waals surface area contributed by atoms with E-state index >= 15 is 0 Å². The lowest BCUT2D eigenvalue weighted by molar-refractivity contribution is 0.473. The van der Waals surface area contributed by atoms with E-state index in [2.05, 4.69) is 27.7 Å². The molecule has 15 heavy (non-hydrogen) atoms. The van der Waals surface area contributed by atoms with Crippen molar-refractivity contribution in [2.45, 2.75) is 53.4 Å². The van der Waals surface area contributed by atoms with Crippen LogP contribution in [-0.4, -0.2) is 5.11 Å². The third kappa shape index (κ3) is 3.94. The monoisotopic (exact) mass is 208 g/mol. The van der Waals surface area contributed by atoms with Crippen LogP contribution in [0, 0.1) is 0 Å². The van der Waals surface area contributed by atoms with E-state index in [9.17, 15) is 5.11 Å². The first kappa shape index (κ1) is 14.0. The van der Waals surface area contributed by atoms with Crippen molar-refractivity contribution in [1.29, 1.82) is 0 Å². The van der Waals surface area contributed by atoms with Gasteiger partial charge in [0.15, 0.2) is 0 Å². The van der Waals surface area contributed by atoms with E-state index in [0.29, 0.717) is 17.6 Å². The van der Waals surface area contributed by atoms with Gasteiger partial charge in [0.2, 0.25) is 0 Å². The van der Waals surface area contributed by atoms with Crippen LogP contribution in [0.1, 0.15) is 64.5 Å². The molecule has 1 nitrogen and oxygen atoms in total. The van der Waals surface area contributed by atoms with Gasteiger partial charge in [-0.05, 0) is 35.1 Å². The number of hydrogen-bond donors (Lipinski definition) is 1. The van der Waals surface area contributed by atoms with Crippen LogP contribution < -0.4 is 0 Å². The molecule has 0 aliphatic heterocycles. The fourth-order valence-electron chi connectivity index (χ4n) is 1.59. The maximum Gasteiger partial charge on any atom is 0.115 e. The highest BCUT2D eigenvalue weighted by Gasteiger charge is 2.09. The van der Waals surface area contributed by atoms with Crippen LogP contribution in [0.25, 0.3) is 0 Å². The molecular weight excluding hydrogens is 184 g/mol. The molecule has 1 aromatic rings. The van der Waals surface area contributed by atoms with E-state index in [1.54, 1.807) is 6.07 Å². The Morgan fingerprint density at radius 3 is 1.73 bits per heavy atom. The summed E-state index contributed by atoms with van der Waals surface area (Å²) >= 11 is 0. The molecule has 0 fully saturated rings. The third-order valence-electron chi connectivity index (χ3n) is 2.31. The maximum absolute atomic E-state index is 9.37. The Morgan fingerprint density at radius 1 is 0.867 bits per heavy atom. The summed E-state index contributed by atoms with van der Waals surface area (Å²) in [5.74, 6) is 1.37. The summed E-state index contributed by atoms with van der Waals surface area (Å²) in [6, 6.07) is 5.66. The van der Waals surface area contributed by atoms with Crippen LogP contribution in [0.4, 0.5) is 0 Å². The number of phenolic OH excluding ortho intramolecular Hbond substituents is 1. The molecule has 86 valence electrons. The van der Waals surface area contributed by atoms with Gasteiger partial charge >= 0.3 is 0 Å². The summed E-state index contributed by atoms with van der Waals surface area (Å²) in [6.07, 6.45) is 0. The largest absolute Gasteiger partial charge is 0.508 e. The van der Waals surface area contributed by atoms with Crippen LogP contribution in [0.15, 0.2) is 18.2 Å².